The SMILES string of the molecule is CC(=O)OC[C@@H](OC(C)=O)[C@H]1O[C@H]2O[C@H](C(Cl)(Cl)Cl)O[C@H]2[C@H]1OC(C)=O. The quantitative estimate of drug-likeness (QED) is 0.358. The summed E-state index contributed by atoms with van der Waals surface area (Å²) >= 11 is 17.2. The Kier molecular flexibility index (Phi) is 6.98. The number of ether oxygens (including phenoxy) is 6. The van der Waals surface area contributed by atoms with Crippen LogP contribution in [0.1, 0.15) is 20.8 Å². The van der Waals surface area contributed by atoms with Crippen molar-refractivity contribution in [1.29, 1.82) is 0 Å². The van der Waals surface area contributed by atoms with Gasteiger partial charge in [0.1, 0.15) is 12.7 Å². The van der Waals surface area contributed by atoms with Crippen LogP contribution in [0, 0.1) is 0 Å². The van der Waals surface area contributed by atoms with Gasteiger partial charge in [-0.1, -0.05) is 34.8 Å². The zero-order chi connectivity index (χ0) is 19.6. The van der Waals surface area contributed by atoms with Crippen molar-refractivity contribution < 1.29 is 42.8 Å². The van der Waals surface area contributed by atoms with E-state index in [1.165, 1.54) is 20.8 Å². The van der Waals surface area contributed by atoms with Crippen LogP contribution in [0.25, 0.3) is 0 Å². The van der Waals surface area contributed by atoms with Crippen molar-refractivity contribution in [2.24, 2.45) is 0 Å². The van der Waals surface area contributed by atoms with E-state index in [9.17, 15) is 14.4 Å². The Labute approximate surface area is 164 Å². The summed E-state index contributed by atoms with van der Waals surface area (Å²) in [5.74, 6) is -1.88. The van der Waals surface area contributed by atoms with E-state index in [4.69, 9.17) is 63.2 Å². The third kappa shape index (κ3) is 5.34. The first-order chi connectivity index (χ1) is 12.0. The first-order valence-corrected chi connectivity index (χ1v) is 8.63. The van der Waals surface area contributed by atoms with E-state index in [-0.39, 0.29) is 6.61 Å². The van der Waals surface area contributed by atoms with Crippen LogP contribution in [0.2, 0.25) is 0 Å². The molecular formula is C14H17Cl3O9. The molecule has 0 N–H and O–H groups in total. The molecule has 0 saturated carbocycles. The fourth-order valence-corrected chi connectivity index (χ4v) is 2.90. The lowest BCUT2D eigenvalue weighted by Gasteiger charge is -2.29. The Balaban J connectivity index is 2.19. The second kappa shape index (κ2) is 8.45. The van der Waals surface area contributed by atoms with Gasteiger partial charge in [-0.05, 0) is 0 Å². The summed E-state index contributed by atoms with van der Waals surface area (Å²) in [4.78, 5) is 33.9. The molecular weight excluding hydrogens is 419 g/mol. The lowest BCUT2D eigenvalue weighted by Crippen LogP contribution is -2.47. The molecule has 2 saturated heterocycles. The molecule has 0 aromatic carbocycles. The third-order valence-corrected chi connectivity index (χ3v) is 3.98. The maximum Gasteiger partial charge on any atom is 0.303 e. The average Bonchev–Trinajstić information content (AvgIpc) is 3.02. The summed E-state index contributed by atoms with van der Waals surface area (Å²) in [5.41, 5.74) is 0. The van der Waals surface area contributed by atoms with Gasteiger partial charge in [0.2, 0.25) is 10.1 Å². The van der Waals surface area contributed by atoms with Crippen molar-refractivity contribution in [1.82, 2.24) is 0 Å². The van der Waals surface area contributed by atoms with Crippen LogP contribution in [0.5, 0.6) is 0 Å². The first-order valence-electron chi connectivity index (χ1n) is 7.50. The highest BCUT2D eigenvalue weighted by Crippen LogP contribution is 2.43. The van der Waals surface area contributed by atoms with E-state index in [2.05, 4.69) is 0 Å². The van der Waals surface area contributed by atoms with Crippen LogP contribution in [0.3, 0.4) is 0 Å². The fourth-order valence-electron chi connectivity index (χ4n) is 2.59. The number of hydrogen-bond donors (Lipinski definition) is 0. The molecule has 2 heterocycles. The zero-order valence-corrected chi connectivity index (χ0v) is 16.2. The van der Waals surface area contributed by atoms with Gasteiger partial charge >= 0.3 is 17.9 Å². The minimum Gasteiger partial charge on any atom is -0.462 e. The Morgan fingerprint density at radius 3 is 2.15 bits per heavy atom. The molecule has 12 heteroatoms. The standard InChI is InChI=1S/C14H17Cl3O9/c1-5(18)21-4-8(22-6(2)19)9-10(23-7(3)20)11-12(24-9)26-13(25-11)14(15,16)17/h8-13H,4H2,1-3H3/t8-,9-,10+,11+,12+,13-/m1/s1. The Hall–Kier alpha value is -0.840. The molecule has 0 radical (unpaired) electrons. The number of rotatable bonds is 5. The van der Waals surface area contributed by atoms with Gasteiger partial charge in [0.25, 0.3) is 0 Å². The molecule has 0 aromatic rings. The zero-order valence-electron chi connectivity index (χ0n) is 14.0. The molecule has 0 aromatic heterocycles. The number of fused-ring (bicyclic) bond motifs is 1. The lowest BCUT2D eigenvalue weighted by atomic mass is 10.1. The van der Waals surface area contributed by atoms with E-state index in [0.29, 0.717) is 0 Å². The average molecular weight is 436 g/mol. The minimum absolute atomic E-state index is 0.315. The van der Waals surface area contributed by atoms with Crippen LogP contribution in [-0.2, 0) is 42.8 Å². The maximum atomic E-state index is 11.5. The predicted octanol–water partition coefficient (Wildman–Crippen LogP) is 1.25. The van der Waals surface area contributed by atoms with E-state index in [1.54, 1.807) is 0 Å². The highest BCUT2D eigenvalue weighted by molar-refractivity contribution is 6.67. The summed E-state index contributed by atoms with van der Waals surface area (Å²) < 4.78 is 29.9. The molecule has 0 spiro atoms. The van der Waals surface area contributed by atoms with Gasteiger partial charge in [0.05, 0.1) is 0 Å². The number of carbonyl (C=O) groups is 3. The minimum atomic E-state index is -1.89. The van der Waals surface area contributed by atoms with Crippen LogP contribution >= 0.6 is 34.8 Å². The van der Waals surface area contributed by atoms with Crippen LogP contribution in [0.15, 0.2) is 0 Å². The molecule has 0 aliphatic carbocycles. The van der Waals surface area contributed by atoms with Gasteiger partial charge < -0.3 is 28.4 Å². The Bertz CT molecular complexity index is 564. The topological polar surface area (TPSA) is 107 Å². The number of carbonyl (C=O) groups excluding carboxylic acids is 3. The molecule has 2 fully saturated rings. The summed E-state index contributed by atoms with van der Waals surface area (Å²) in [6, 6.07) is 0. The van der Waals surface area contributed by atoms with Crippen molar-refractivity contribution in [3.63, 3.8) is 0 Å². The van der Waals surface area contributed by atoms with E-state index in [0.717, 1.165) is 0 Å². The Morgan fingerprint density at radius 1 is 1.00 bits per heavy atom. The largest absolute Gasteiger partial charge is 0.462 e. The van der Waals surface area contributed by atoms with Gasteiger partial charge in [0.15, 0.2) is 24.6 Å². The van der Waals surface area contributed by atoms with E-state index < -0.39 is 58.7 Å². The molecule has 0 bridgehead atoms. The molecule has 148 valence electrons. The summed E-state index contributed by atoms with van der Waals surface area (Å²) in [6.45, 7) is 3.23. The van der Waals surface area contributed by atoms with Crippen molar-refractivity contribution in [2.75, 3.05) is 6.61 Å². The fraction of sp³-hybridized carbons (Fsp3) is 0.786. The van der Waals surface area contributed by atoms with Crippen molar-refractivity contribution >= 4 is 52.7 Å². The maximum absolute atomic E-state index is 11.5. The lowest BCUT2D eigenvalue weighted by molar-refractivity contribution is -0.206. The highest BCUT2D eigenvalue weighted by atomic mass is 35.6. The van der Waals surface area contributed by atoms with Gasteiger partial charge in [-0.25, -0.2) is 0 Å². The van der Waals surface area contributed by atoms with Crippen molar-refractivity contribution in [3.05, 3.63) is 0 Å². The highest BCUT2D eigenvalue weighted by Gasteiger charge is 2.60. The van der Waals surface area contributed by atoms with E-state index >= 15 is 0 Å². The van der Waals surface area contributed by atoms with Gasteiger partial charge in [-0.3, -0.25) is 14.4 Å². The summed E-state index contributed by atoms with van der Waals surface area (Å²) in [6.07, 6.45) is -6.35. The molecule has 2 aliphatic heterocycles. The summed E-state index contributed by atoms with van der Waals surface area (Å²) in [5, 5.41) is 0. The normalized spacial score (nSPS) is 31.8. The van der Waals surface area contributed by atoms with Crippen molar-refractivity contribution in [3.8, 4) is 0 Å². The van der Waals surface area contributed by atoms with Crippen LogP contribution in [0.4, 0.5) is 0 Å². The molecule has 2 aliphatic rings. The molecule has 0 amide bonds. The molecule has 0 unspecified atom stereocenters. The second-order valence-electron chi connectivity index (χ2n) is 5.60. The Morgan fingerprint density at radius 2 is 1.65 bits per heavy atom. The molecule has 6 atom stereocenters. The predicted molar refractivity (Wildman–Crippen MR) is 86.4 cm³/mol. The second-order valence-corrected chi connectivity index (χ2v) is 7.97. The number of esters is 3. The third-order valence-electron chi connectivity index (χ3n) is 3.45. The molecule has 2 rings (SSSR count). The number of halogens is 3. The van der Waals surface area contributed by atoms with Crippen LogP contribution < -0.4 is 0 Å². The molecule has 9 nitrogen and oxygen atoms in total. The van der Waals surface area contributed by atoms with Crippen molar-refractivity contribution in [2.45, 2.75) is 61.6 Å². The summed E-state index contributed by atoms with van der Waals surface area (Å²) in [7, 11) is 0. The van der Waals surface area contributed by atoms with Gasteiger partial charge in [-0.15, -0.1) is 0 Å². The first kappa shape index (κ1) is 21.5. The van der Waals surface area contributed by atoms with Gasteiger partial charge in [-0.2, -0.15) is 0 Å². The molecule has 26 heavy (non-hydrogen) atoms. The number of hydrogen-bond acceptors (Lipinski definition) is 9. The van der Waals surface area contributed by atoms with Crippen LogP contribution in [-0.4, -0.2) is 65.3 Å². The van der Waals surface area contributed by atoms with Gasteiger partial charge in [0, 0.05) is 20.8 Å². The number of alkyl halides is 3. The smallest absolute Gasteiger partial charge is 0.303 e. The van der Waals surface area contributed by atoms with E-state index in [1.807, 2.05) is 0 Å². The monoisotopic (exact) mass is 434 g/mol.